The van der Waals surface area contributed by atoms with Crippen LogP contribution >= 0.6 is 0 Å². The molecule has 34 heavy (non-hydrogen) atoms. The first-order valence-electron chi connectivity index (χ1n) is 10.5. The van der Waals surface area contributed by atoms with Crippen LogP contribution in [0.25, 0.3) is 5.69 Å². The molecule has 1 amide bonds. The summed E-state index contributed by atoms with van der Waals surface area (Å²) < 4.78 is 34.3. The van der Waals surface area contributed by atoms with Gasteiger partial charge in [-0.05, 0) is 50.1 Å². The molecule has 0 bridgehead atoms. The van der Waals surface area contributed by atoms with Gasteiger partial charge in [-0.2, -0.15) is 9.40 Å². The first-order chi connectivity index (χ1) is 16.2. The molecule has 2 heterocycles. The summed E-state index contributed by atoms with van der Waals surface area (Å²) in [6.45, 7) is 2.59. The summed E-state index contributed by atoms with van der Waals surface area (Å²) in [5, 5.41) is 18.0. The molecule has 3 aromatic rings. The molecule has 1 saturated heterocycles. The van der Waals surface area contributed by atoms with Crippen LogP contribution in [0, 0.1) is 17.0 Å². The fourth-order valence-electron chi connectivity index (χ4n) is 3.78. The maximum absolute atomic E-state index is 13.1. The van der Waals surface area contributed by atoms with Crippen molar-refractivity contribution in [3.05, 3.63) is 69.9 Å². The number of nitrogens with one attached hydrogen (secondary N) is 1. The van der Waals surface area contributed by atoms with Gasteiger partial charge in [0.1, 0.15) is 16.5 Å². The minimum absolute atomic E-state index is 0.0652. The van der Waals surface area contributed by atoms with Crippen molar-refractivity contribution in [2.24, 2.45) is 0 Å². The smallest absolute Gasteiger partial charge is 0.269 e. The highest BCUT2D eigenvalue weighted by atomic mass is 32.2. The number of hydrogen-bond acceptors (Lipinski definition) is 7. The van der Waals surface area contributed by atoms with Crippen LogP contribution in [0.2, 0.25) is 0 Å². The Balaban J connectivity index is 1.64. The van der Waals surface area contributed by atoms with Gasteiger partial charge in [-0.25, -0.2) is 13.1 Å². The molecule has 2 aromatic carbocycles. The lowest BCUT2D eigenvalue weighted by Crippen LogP contribution is -2.28. The van der Waals surface area contributed by atoms with E-state index >= 15 is 0 Å². The molecule has 0 radical (unpaired) electrons. The highest BCUT2D eigenvalue weighted by Gasteiger charge is 2.30. The van der Waals surface area contributed by atoms with E-state index in [1.54, 1.807) is 13.0 Å². The molecular formula is C22H23N5O6S. The molecule has 0 atom stereocenters. The van der Waals surface area contributed by atoms with E-state index in [0.29, 0.717) is 30.3 Å². The molecule has 1 aliphatic heterocycles. The molecule has 1 aliphatic rings. The average Bonchev–Trinajstić information content (AvgIpc) is 3.49. The molecule has 1 aromatic heterocycles. The van der Waals surface area contributed by atoms with Gasteiger partial charge in [0.25, 0.3) is 11.6 Å². The first kappa shape index (κ1) is 23.4. The van der Waals surface area contributed by atoms with Gasteiger partial charge in [-0.15, -0.1) is 0 Å². The lowest BCUT2D eigenvalue weighted by Gasteiger charge is -2.18. The highest BCUT2D eigenvalue weighted by molar-refractivity contribution is 7.89. The third-order valence-corrected chi connectivity index (χ3v) is 7.41. The fraction of sp³-hybridized carbons (Fsp3) is 0.273. The van der Waals surface area contributed by atoms with Crippen LogP contribution in [0.1, 0.15) is 28.9 Å². The van der Waals surface area contributed by atoms with E-state index in [1.165, 1.54) is 58.6 Å². The van der Waals surface area contributed by atoms with E-state index in [-0.39, 0.29) is 21.9 Å². The minimum Gasteiger partial charge on any atom is -0.495 e. The number of anilines is 1. The van der Waals surface area contributed by atoms with Crippen molar-refractivity contribution < 1.29 is 22.9 Å². The minimum atomic E-state index is -3.81. The number of methoxy groups -OCH3 is 1. The summed E-state index contributed by atoms with van der Waals surface area (Å²) in [5.74, 6) is -0.0464. The number of aryl methyl sites for hydroxylation is 1. The predicted octanol–water partition coefficient (Wildman–Crippen LogP) is 3.13. The summed E-state index contributed by atoms with van der Waals surface area (Å²) in [6.07, 6.45) is 1.57. The van der Waals surface area contributed by atoms with Crippen LogP contribution in [0.3, 0.4) is 0 Å². The molecule has 0 unspecified atom stereocenters. The van der Waals surface area contributed by atoms with Crippen LogP contribution < -0.4 is 10.1 Å². The van der Waals surface area contributed by atoms with E-state index in [1.807, 2.05) is 0 Å². The highest BCUT2D eigenvalue weighted by Crippen LogP contribution is 2.30. The van der Waals surface area contributed by atoms with Crippen LogP contribution in [0.4, 0.5) is 11.5 Å². The monoisotopic (exact) mass is 485 g/mol. The number of carbonyl (C=O) groups is 1. The van der Waals surface area contributed by atoms with Crippen molar-refractivity contribution in [2.45, 2.75) is 24.7 Å². The topological polar surface area (TPSA) is 137 Å². The lowest BCUT2D eigenvalue weighted by atomic mass is 10.2. The van der Waals surface area contributed by atoms with Gasteiger partial charge in [0.05, 0.1) is 23.4 Å². The number of nitro benzene ring substituents is 1. The summed E-state index contributed by atoms with van der Waals surface area (Å²) in [5.41, 5.74) is 1.19. The van der Waals surface area contributed by atoms with E-state index in [0.717, 1.165) is 12.8 Å². The number of rotatable bonds is 7. The van der Waals surface area contributed by atoms with Gasteiger partial charge in [-0.1, -0.05) is 0 Å². The Bertz CT molecular complexity index is 1340. The molecular weight excluding hydrogens is 462 g/mol. The zero-order valence-electron chi connectivity index (χ0n) is 18.6. The second-order valence-electron chi connectivity index (χ2n) is 7.79. The standard InChI is InChI=1S/C22H23N5O6S/c1-15-13-21(26(24-15)17-6-8-18(9-7-17)27(29)30)23-22(28)16-5-10-19(33-2)20(14-16)34(31,32)25-11-3-4-12-25/h5-10,13-14H,3-4,11-12H2,1-2H3,(H,23,28). The number of benzene rings is 2. The molecule has 178 valence electrons. The Labute approximate surface area is 196 Å². The van der Waals surface area contributed by atoms with Gasteiger partial charge in [0.2, 0.25) is 10.0 Å². The van der Waals surface area contributed by atoms with Gasteiger partial charge in [0.15, 0.2) is 0 Å². The van der Waals surface area contributed by atoms with Crippen LogP contribution in [-0.4, -0.2) is 53.5 Å². The SMILES string of the molecule is COc1ccc(C(=O)Nc2cc(C)nn2-c2ccc([N+](=O)[O-])cc2)cc1S(=O)(=O)N1CCCC1. The Kier molecular flexibility index (Phi) is 6.35. The van der Waals surface area contributed by atoms with Crippen molar-refractivity contribution in [3.63, 3.8) is 0 Å². The summed E-state index contributed by atoms with van der Waals surface area (Å²) in [7, 11) is -2.43. The predicted molar refractivity (Wildman–Crippen MR) is 124 cm³/mol. The molecule has 0 spiro atoms. The van der Waals surface area contributed by atoms with Gasteiger partial charge < -0.3 is 10.1 Å². The number of ether oxygens (including phenoxy) is 1. The van der Waals surface area contributed by atoms with Crippen molar-refractivity contribution in [1.82, 2.24) is 14.1 Å². The average molecular weight is 486 g/mol. The maximum atomic E-state index is 13.1. The van der Waals surface area contributed by atoms with Crippen LogP contribution in [-0.2, 0) is 10.0 Å². The Morgan fingerprint density at radius 3 is 2.41 bits per heavy atom. The number of non-ortho nitro benzene ring substituents is 1. The van der Waals surface area contributed by atoms with Gasteiger partial charge >= 0.3 is 0 Å². The fourth-order valence-corrected chi connectivity index (χ4v) is 5.48. The number of hydrogen-bond donors (Lipinski definition) is 1. The zero-order valence-corrected chi connectivity index (χ0v) is 19.4. The normalized spacial score (nSPS) is 14.2. The van der Waals surface area contributed by atoms with Gasteiger partial charge in [-0.3, -0.25) is 14.9 Å². The third-order valence-electron chi connectivity index (χ3n) is 5.49. The number of amides is 1. The lowest BCUT2D eigenvalue weighted by molar-refractivity contribution is -0.384. The summed E-state index contributed by atoms with van der Waals surface area (Å²) >= 11 is 0. The second-order valence-corrected chi connectivity index (χ2v) is 9.69. The first-order valence-corrected chi connectivity index (χ1v) is 12.0. The number of nitro groups is 1. The number of aromatic nitrogens is 2. The summed E-state index contributed by atoms with van der Waals surface area (Å²) in [4.78, 5) is 23.4. The van der Waals surface area contributed by atoms with Crippen molar-refractivity contribution in [3.8, 4) is 11.4 Å². The molecule has 11 nitrogen and oxygen atoms in total. The molecule has 0 saturated carbocycles. The van der Waals surface area contributed by atoms with Gasteiger partial charge in [0, 0.05) is 36.9 Å². The Morgan fingerprint density at radius 1 is 1.12 bits per heavy atom. The third kappa shape index (κ3) is 4.50. The van der Waals surface area contributed by atoms with Crippen LogP contribution in [0.15, 0.2) is 53.4 Å². The van der Waals surface area contributed by atoms with E-state index in [9.17, 15) is 23.3 Å². The zero-order chi connectivity index (χ0) is 24.5. The number of sulfonamides is 1. The van der Waals surface area contributed by atoms with E-state index < -0.39 is 20.9 Å². The van der Waals surface area contributed by atoms with Crippen molar-refractivity contribution in [2.75, 3.05) is 25.5 Å². The van der Waals surface area contributed by atoms with Crippen molar-refractivity contribution >= 4 is 27.4 Å². The van der Waals surface area contributed by atoms with E-state index in [4.69, 9.17) is 4.74 Å². The molecule has 4 rings (SSSR count). The maximum Gasteiger partial charge on any atom is 0.269 e. The Morgan fingerprint density at radius 2 is 1.79 bits per heavy atom. The van der Waals surface area contributed by atoms with Crippen LogP contribution in [0.5, 0.6) is 5.75 Å². The number of carbonyl (C=O) groups excluding carboxylic acids is 1. The molecule has 1 N–H and O–H groups in total. The quantitative estimate of drug-likeness (QED) is 0.401. The van der Waals surface area contributed by atoms with E-state index in [2.05, 4.69) is 10.4 Å². The van der Waals surface area contributed by atoms with Crippen molar-refractivity contribution in [1.29, 1.82) is 0 Å². The number of nitrogens with zero attached hydrogens (tertiary/aromatic N) is 4. The molecule has 1 fully saturated rings. The largest absolute Gasteiger partial charge is 0.495 e. The molecule has 12 heteroatoms. The summed E-state index contributed by atoms with van der Waals surface area (Å²) in [6, 6.07) is 11.6. The molecule has 0 aliphatic carbocycles. The Hall–Kier alpha value is -3.77. The second kappa shape index (κ2) is 9.23.